The Balaban J connectivity index is 2.64. The molecule has 1 aromatic carbocycles. The van der Waals surface area contributed by atoms with Crippen LogP contribution in [0.5, 0.6) is 0 Å². The molecule has 0 aliphatic carbocycles. The molecule has 20 heavy (non-hydrogen) atoms. The van der Waals surface area contributed by atoms with Crippen molar-refractivity contribution in [3.05, 3.63) is 35.5 Å². The average molecular weight is 273 g/mol. The topological polar surface area (TPSA) is 77.2 Å². The zero-order chi connectivity index (χ0) is 14.7. The molecular weight excluding hydrogens is 254 g/mol. The molecule has 0 atom stereocenters. The minimum atomic E-state index is -0.426. The van der Waals surface area contributed by atoms with Crippen molar-refractivity contribution in [1.29, 1.82) is 0 Å². The van der Waals surface area contributed by atoms with Crippen LogP contribution < -0.4 is 11.3 Å². The lowest BCUT2D eigenvalue weighted by molar-refractivity contribution is 0.0527. The van der Waals surface area contributed by atoms with Crippen molar-refractivity contribution in [3.63, 3.8) is 0 Å². The summed E-state index contributed by atoms with van der Waals surface area (Å²) in [5.74, 6) is 5.55. The average Bonchev–Trinajstić information content (AvgIpc) is 2.45. The van der Waals surface area contributed by atoms with E-state index in [1.165, 1.54) is 6.20 Å². The van der Waals surface area contributed by atoms with E-state index < -0.39 is 5.97 Å². The van der Waals surface area contributed by atoms with Crippen LogP contribution in [0.25, 0.3) is 10.9 Å². The minimum Gasteiger partial charge on any atom is -0.462 e. The summed E-state index contributed by atoms with van der Waals surface area (Å²) in [6.07, 6.45) is 1.49. The number of carbonyl (C=O) groups excluding carboxylic acids is 1. The van der Waals surface area contributed by atoms with E-state index in [1.807, 2.05) is 18.2 Å². The first-order valence-corrected chi connectivity index (χ1v) is 6.64. The highest BCUT2D eigenvalue weighted by atomic mass is 16.5. The number of rotatable bonds is 4. The van der Waals surface area contributed by atoms with Gasteiger partial charge in [0.25, 0.3) is 0 Å². The first-order valence-electron chi connectivity index (χ1n) is 6.64. The van der Waals surface area contributed by atoms with Crippen molar-refractivity contribution in [2.24, 2.45) is 5.84 Å². The molecular formula is C15H19N3O2. The van der Waals surface area contributed by atoms with Crippen LogP contribution in [0.1, 0.15) is 42.6 Å². The molecule has 1 aromatic heterocycles. The molecule has 0 fully saturated rings. The Kier molecular flexibility index (Phi) is 4.20. The van der Waals surface area contributed by atoms with E-state index in [2.05, 4.69) is 24.3 Å². The highest BCUT2D eigenvalue weighted by Gasteiger charge is 2.16. The van der Waals surface area contributed by atoms with E-state index in [4.69, 9.17) is 10.6 Å². The summed E-state index contributed by atoms with van der Waals surface area (Å²) < 4.78 is 5.02. The lowest BCUT2D eigenvalue weighted by atomic mass is 9.99. The summed E-state index contributed by atoms with van der Waals surface area (Å²) in [5, 5.41) is 0.823. The SMILES string of the molecule is CCOC(=O)c1cnc2ccc(C(C)C)cc2c1NN. The Labute approximate surface area is 118 Å². The number of nitrogens with zero attached hydrogens (tertiary/aromatic N) is 1. The molecule has 0 aliphatic heterocycles. The molecule has 0 saturated heterocycles. The summed E-state index contributed by atoms with van der Waals surface area (Å²) in [6.45, 7) is 6.30. The highest BCUT2D eigenvalue weighted by Crippen LogP contribution is 2.28. The van der Waals surface area contributed by atoms with E-state index in [0.717, 1.165) is 16.5 Å². The zero-order valence-electron chi connectivity index (χ0n) is 11.9. The molecule has 2 aromatic rings. The number of pyridine rings is 1. The van der Waals surface area contributed by atoms with Crippen molar-refractivity contribution in [2.45, 2.75) is 26.7 Å². The van der Waals surface area contributed by atoms with Gasteiger partial charge in [-0.2, -0.15) is 0 Å². The molecule has 3 N–H and O–H groups in total. The maximum atomic E-state index is 11.9. The predicted molar refractivity (Wildman–Crippen MR) is 79.6 cm³/mol. The molecule has 0 bridgehead atoms. The number of nitrogens with one attached hydrogen (secondary N) is 1. The number of aromatic nitrogens is 1. The summed E-state index contributed by atoms with van der Waals surface area (Å²) in [4.78, 5) is 16.2. The summed E-state index contributed by atoms with van der Waals surface area (Å²) in [5.41, 5.74) is 5.46. The van der Waals surface area contributed by atoms with E-state index in [0.29, 0.717) is 23.8 Å². The fourth-order valence-corrected chi connectivity index (χ4v) is 2.09. The summed E-state index contributed by atoms with van der Waals surface area (Å²) >= 11 is 0. The van der Waals surface area contributed by atoms with Crippen molar-refractivity contribution < 1.29 is 9.53 Å². The largest absolute Gasteiger partial charge is 0.462 e. The van der Waals surface area contributed by atoms with Crippen molar-refractivity contribution >= 4 is 22.6 Å². The maximum Gasteiger partial charge on any atom is 0.341 e. The van der Waals surface area contributed by atoms with Crippen LogP contribution in [-0.2, 0) is 4.74 Å². The van der Waals surface area contributed by atoms with Crippen LogP contribution >= 0.6 is 0 Å². The lowest BCUT2D eigenvalue weighted by Crippen LogP contribution is -2.15. The summed E-state index contributed by atoms with van der Waals surface area (Å²) in [7, 11) is 0. The number of carbonyl (C=O) groups is 1. The number of nitrogen functional groups attached to an aromatic ring is 1. The third-order valence-electron chi connectivity index (χ3n) is 3.20. The zero-order valence-corrected chi connectivity index (χ0v) is 11.9. The van der Waals surface area contributed by atoms with Crippen LogP contribution in [0.4, 0.5) is 5.69 Å². The van der Waals surface area contributed by atoms with Gasteiger partial charge in [0.05, 0.1) is 17.8 Å². The number of benzene rings is 1. The maximum absolute atomic E-state index is 11.9. The van der Waals surface area contributed by atoms with Crippen LogP contribution in [-0.4, -0.2) is 17.6 Å². The van der Waals surface area contributed by atoms with E-state index in [-0.39, 0.29) is 0 Å². The number of anilines is 1. The van der Waals surface area contributed by atoms with Gasteiger partial charge >= 0.3 is 5.97 Å². The molecule has 5 heteroatoms. The van der Waals surface area contributed by atoms with Gasteiger partial charge in [-0.05, 0) is 30.5 Å². The molecule has 0 aliphatic rings. The van der Waals surface area contributed by atoms with Gasteiger partial charge in [-0.1, -0.05) is 19.9 Å². The number of fused-ring (bicyclic) bond motifs is 1. The van der Waals surface area contributed by atoms with Crippen LogP contribution in [0.2, 0.25) is 0 Å². The number of hydrazine groups is 1. The Morgan fingerprint density at radius 2 is 2.20 bits per heavy atom. The second-order valence-electron chi connectivity index (χ2n) is 4.84. The van der Waals surface area contributed by atoms with Crippen molar-refractivity contribution in [2.75, 3.05) is 12.0 Å². The van der Waals surface area contributed by atoms with Gasteiger partial charge in [-0.3, -0.25) is 10.8 Å². The molecule has 106 valence electrons. The molecule has 1 heterocycles. The third kappa shape index (κ3) is 2.58. The number of nitrogens with two attached hydrogens (primary N) is 1. The van der Waals surface area contributed by atoms with E-state index in [1.54, 1.807) is 6.92 Å². The van der Waals surface area contributed by atoms with Gasteiger partial charge in [0, 0.05) is 11.6 Å². The second kappa shape index (κ2) is 5.88. The number of ether oxygens (including phenoxy) is 1. The Morgan fingerprint density at radius 1 is 1.45 bits per heavy atom. The van der Waals surface area contributed by atoms with Gasteiger partial charge in [-0.25, -0.2) is 4.79 Å². The summed E-state index contributed by atoms with van der Waals surface area (Å²) in [6, 6.07) is 5.97. The smallest absolute Gasteiger partial charge is 0.341 e. The number of esters is 1. The van der Waals surface area contributed by atoms with Crippen LogP contribution in [0, 0.1) is 0 Å². The predicted octanol–water partition coefficient (Wildman–Crippen LogP) is 2.82. The van der Waals surface area contributed by atoms with Gasteiger partial charge in [0.2, 0.25) is 0 Å². The normalized spacial score (nSPS) is 10.8. The second-order valence-corrected chi connectivity index (χ2v) is 4.84. The Morgan fingerprint density at radius 3 is 2.80 bits per heavy atom. The monoisotopic (exact) mass is 273 g/mol. The van der Waals surface area contributed by atoms with Crippen molar-refractivity contribution in [1.82, 2.24) is 4.98 Å². The molecule has 5 nitrogen and oxygen atoms in total. The Bertz CT molecular complexity index is 638. The van der Waals surface area contributed by atoms with Gasteiger partial charge < -0.3 is 10.2 Å². The first-order chi connectivity index (χ1) is 9.58. The third-order valence-corrected chi connectivity index (χ3v) is 3.20. The molecule has 2 rings (SSSR count). The fraction of sp³-hybridized carbons (Fsp3) is 0.333. The molecule has 0 radical (unpaired) electrons. The number of hydrogen-bond acceptors (Lipinski definition) is 5. The Hall–Kier alpha value is -2.14. The standard InChI is InChI=1S/C15H19N3O2/c1-4-20-15(19)12-8-17-13-6-5-10(9(2)3)7-11(13)14(12)18-16/h5-9H,4,16H2,1-3H3,(H,17,18). The quantitative estimate of drug-likeness (QED) is 0.509. The van der Waals surface area contributed by atoms with Crippen LogP contribution in [0.15, 0.2) is 24.4 Å². The molecule has 0 spiro atoms. The molecule has 0 amide bonds. The van der Waals surface area contributed by atoms with Gasteiger partial charge in [-0.15, -0.1) is 0 Å². The lowest BCUT2D eigenvalue weighted by Gasteiger charge is -2.13. The fourth-order valence-electron chi connectivity index (χ4n) is 2.09. The number of hydrogen-bond donors (Lipinski definition) is 2. The van der Waals surface area contributed by atoms with E-state index in [9.17, 15) is 4.79 Å². The first kappa shape index (κ1) is 14.3. The minimum absolute atomic E-state index is 0.312. The molecule has 0 unspecified atom stereocenters. The van der Waals surface area contributed by atoms with Gasteiger partial charge in [0.1, 0.15) is 5.56 Å². The molecule has 0 saturated carbocycles. The van der Waals surface area contributed by atoms with Crippen molar-refractivity contribution in [3.8, 4) is 0 Å². The highest BCUT2D eigenvalue weighted by molar-refractivity contribution is 6.04. The van der Waals surface area contributed by atoms with E-state index >= 15 is 0 Å². The van der Waals surface area contributed by atoms with Gasteiger partial charge in [0.15, 0.2) is 0 Å². The van der Waals surface area contributed by atoms with Crippen LogP contribution in [0.3, 0.4) is 0 Å².